The SMILES string of the molecule is Nc1ncc[nH]1.O=CC(O)C(O)C(O)CO.O=[P+](O)O. The molecule has 3 unspecified atom stereocenters. The summed E-state index contributed by atoms with van der Waals surface area (Å²) in [6, 6.07) is 0. The van der Waals surface area contributed by atoms with Gasteiger partial charge in [0.25, 0.3) is 0 Å². The van der Waals surface area contributed by atoms with Crippen LogP contribution in [0.4, 0.5) is 5.95 Å². The Bertz CT molecular complexity index is 359. The second-order valence-electron chi connectivity index (χ2n) is 3.09. The van der Waals surface area contributed by atoms with Gasteiger partial charge in [-0.1, -0.05) is 0 Å². The number of nitrogen functional groups attached to an aromatic ring is 1. The number of nitrogens with one attached hydrogen (secondary N) is 1. The molecule has 1 aromatic heterocycles. The van der Waals surface area contributed by atoms with Crippen LogP contribution in [-0.4, -0.2) is 71.4 Å². The lowest BCUT2D eigenvalue weighted by atomic mass is 10.1. The first-order valence-corrected chi connectivity index (χ1v) is 6.12. The lowest BCUT2D eigenvalue weighted by Crippen LogP contribution is -2.40. The zero-order valence-electron chi connectivity index (χ0n) is 10.1. The van der Waals surface area contributed by atoms with Crippen LogP contribution < -0.4 is 5.73 Å². The van der Waals surface area contributed by atoms with Crippen molar-refractivity contribution in [1.29, 1.82) is 0 Å². The van der Waals surface area contributed by atoms with Crippen molar-refractivity contribution < 1.29 is 39.6 Å². The van der Waals surface area contributed by atoms with Crippen molar-refractivity contribution in [3.05, 3.63) is 12.4 Å². The maximum atomic E-state index is 9.76. The van der Waals surface area contributed by atoms with Crippen LogP contribution >= 0.6 is 8.25 Å². The Morgan fingerprint density at radius 1 is 1.40 bits per heavy atom. The molecular weight excluding hydrogens is 297 g/mol. The van der Waals surface area contributed by atoms with Crippen LogP contribution in [0.25, 0.3) is 0 Å². The molecule has 9 N–H and O–H groups in total. The van der Waals surface area contributed by atoms with Crippen LogP contribution in [-0.2, 0) is 9.36 Å². The molecule has 0 saturated heterocycles. The molecule has 1 aromatic rings. The zero-order chi connectivity index (χ0) is 16.1. The number of aromatic amines is 1. The van der Waals surface area contributed by atoms with Crippen LogP contribution in [0.1, 0.15) is 0 Å². The van der Waals surface area contributed by atoms with E-state index in [0.717, 1.165) is 0 Å². The van der Waals surface area contributed by atoms with Gasteiger partial charge in [-0.2, -0.15) is 0 Å². The first-order chi connectivity index (χ1) is 9.26. The minimum atomic E-state index is -2.87. The smallest absolute Gasteiger partial charge is 0.394 e. The summed E-state index contributed by atoms with van der Waals surface area (Å²) < 4.78 is 8.70. The largest absolute Gasteiger partial charge is 0.692 e. The Morgan fingerprint density at radius 2 is 1.90 bits per heavy atom. The van der Waals surface area contributed by atoms with E-state index in [9.17, 15) is 4.79 Å². The summed E-state index contributed by atoms with van der Waals surface area (Å²) in [4.78, 5) is 30.3. The monoisotopic (exact) mass is 314 g/mol. The van der Waals surface area contributed by atoms with Crippen LogP contribution in [0.2, 0.25) is 0 Å². The Hall–Kier alpha value is -1.46. The fourth-order valence-electron chi connectivity index (χ4n) is 0.694. The third kappa shape index (κ3) is 13.0. The van der Waals surface area contributed by atoms with Crippen LogP contribution in [0.15, 0.2) is 12.4 Å². The summed E-state index contributed by atoms with van der Waals surface area (Å²) in [5.41, 5.74) is 5.11. The van der Waals surface area contributed by atoms with E-state index >= 15 is 0 Å². The van der Waals surface area contributed by atoms with Gasteiger partial charge in [0.05, 0.1) is 6.61 Å². The van der Waals surface area contributed by atoms with Gasteiger partial charge < -0.3 is 35.9 Å². The Labute approximate surface area is 114 Å². The van der Waals surface area contributed by atoms with Gasteiger partial charge in [0, 0.05) is 17.0 Å². The van der Waals surface area contributed by atoms with E-state index in [2.05, 4.69) is 9.97 Å². The number of hydrogen-bond acceptors (Lipinski definition) is 8. The number of nitrogens with two attached hydrogens (primary N) is 1. The van der Waals surface area contributed by atoms with E-state index < -0.39 is 33.2 Å². The number of imidazole rings is 1. The maximum Gasteiger partial charge on any atom is 0.692 e. The molecule has 0 bridgehead atoms. The topological polar surface area (TPSA) is 210 Å². The molecule has 0 aromatic carbocycles. The van der Waals surface area contributed by atoms with Crippen LogP contribution in [0.5, 0.6) is 0 Å². The van der Waals surface area contributed by atoms with Gasteiger partial charge in [0.15, 0.2) is 12.2 Å². The van der Waals surface area contributed by atoms with Crippen LogP contribution in [0, 0.1) is 0 Å². The minimum Gasteiger partial charge on any atom is -0.394 e. The lowest BCUT2D eigenvalue weighted by Gasteiger charge is -2.16. The van der Waals surface area contributed by atoms with Crippen molar-refractivity contribution in [2.45, 2.75) is 18.3 Å². The van der Waals surface area contributed by atoms with E-state index in [-0.39, 0.29) is 6.29 Å². The molecule has 1 heterocycles. The lowest BCUT2D eigenvalue weighted by molar-refractivity contribution is -0.127. The molecule has 0 aliphatic carbocycles. The molecule has 11 nitrogen and oxygen atoms in total. The first-order valence-electron chi connectivity index (χ1n) is 4.96. The van der Waals surface area contributed by atoms with Crippen molar-refractivity contribution >= 4 is 20.5 Å². The number of aliphatic hydroxyl groups is 4. The molecule has 0 spiro atoms. The summed E-state index contributed by atoms with van der Waals surface area (Å²) in [5, 5.41) is 34.1. The Kier molecular flexibility index (Phi) is 13.1. The summed E-state index contributed by atoms with van der Waals surface area (Å²) >= 11 is 0. The maximum absolute atomic E-state index is 9.76. The molecule has 1 rings (SSSR count). The van der Waals surface area contributed by atoms with E-state index in [4.69, 9.17) is 40.5 Å². The summed E-state index contributed by atoms with van der Waals surface area (Å²) in [6.07, 6.45) is -1.35. The van der Waals surface area contributed by atoms with Crippen molar-refractivity contribution in [2.75, 3.05) is 12.3 Å². The molecular formula is C8H17N3O8P+. The number of anilines is 1. The van der Waals surface area contributed by atoms with Crippen molar-refractivity contribution in [1.82, 2.24) is 9.97 Å². The van der Waals surface area contributed by atoms with Gasteiger partial charge in [-0.05, 0) is 0 Å². The highest BCUT2D eigenvalue weighted by Gasteiger charge is 2.22. The number of carbonyl (C=O) groups excluding carboxylic acids is 1. The Balaban J connectivity index is 0. The third-order valence-electron chi connectivity index (χ3n) is 1.59. The highest BCUT2D eigenvalue weighted by atomic mass is 31.1. The van der Waals surface area contributed by atoms with Gasteiger partial charge in [-0.3, -0.25) is 0 Å². The third-order valence-corrected chi connectivity index (χ3v) is 1.59. The van der Waals surface area contributed by atoms with Gasteiger partial charge >= 0.3 is 8.25 Å². The summed E-state index contributed by atoms with van der Waals surface area (Å²) in [6.45, 7) is -0.688. The number of carbonyl (C=O) groups is 1. The molecule has 0 saturated carbocycles. The highest BCUT2D eigenvalue weighted by Crippen LogP contribution is 1.98. The van der Waals surface area contributed by atoms with E-state index in [1.165, 1.54) is 0 Å². The van der Waals surface area contributed by atoms with E-state index in [1.54, 1.807) is 12.4 Å². The standard InChI is InChI=1S/C5H10O5.C3H5N3.HO3P/c6-1-3(8)5(10)4(9)2-7;4-3-5-1-2-6-3;1-4(2)3/h1,3-5,7-10H,2H2;1-2H,(H3,4,5,6);(H-,1,2,3)/p+1. The molecule has 116 valence electrons. The van der Waals surface area contributed by atoms with Gasteiger partial charge in [-0.25, -0.2) is 4.98 Å². The van der Waals surface area contributed by atoms with Crippen LogP contribution in [0.3, 0.4) is 0 Å². The minimum absolute atomic E-state index is 0.0869. The molecule has 0 amide bonds. The molecule has 0 fully saturated rings. The first kappa shape index (κ1) is 20.8. The fraction of sp³-hybridized carbons (Fsp3) is 0.500. The molecule has 0 aliphatic heterocycles. The zero-order valence-corrected chi connectivity index (χ0v) is 11.0. The number of aliphatic hydroxyl groups excluding tert-OH is 4. The van der Waals surface area contributed by atoms with E-state index in [1.807, 2.05) is 0 Å². The average molecular weight is 314 g/mol. The van der Waals surface area contributed by atoms with Gasteiger partial charge in [0.1, 0.15) is 18.3 Å². The number of hydrogen-bond donors (Lipinski definition) is 8. The fourth-order valence-corrected chi connectivity index (χ4v) is 0.694. The number of aromatic nitrogens is 2. The normalized spacial score (nSPS) is 13.7. The molecule has 0 aliphatic rings. The quantitative estimate of drug-likeness (QED) is 0.207. The molecule has 20 heavy (non-hydrogen) atoms. The predicted molar refractivity (Wildman–Crippen MR) is 66.2 cm³/mol. The number of aldehydes is 1. The molecule has 0 radical (unpaired) electrons. The van der Waals surface area contributed by atoms with Crippen molar-refractivity contribution in [3.63, 3.8) is 0 Å². The Morgan fingerprint density at radius 3 is 2.10 bits per heavy atom. The average Bonchev–Trinajstić information content (AvgIpc) is 2.87. The van der Waals surface area contributed by atoms with Crippen molar-refractivity contribution in [2.24, 2.45) is 0 Å². The number of rotatable bonds is 4. The predicted octanol–water partition coefficient (Wildman–Crippen LogP) is -3.12. The number of H-pyrrole nitrogens is 1. The highest BCUT2D eigenvalue weighted by molar-refractivity contribution is 7.30. The second-order valence-corrected chi connectivity index (χ2v) is 3.60. The van der Waals surface area contributed by atoms with Gasteiger partial charge in [0.2, 0.25) is 0 Å². The van der Waals surface area contributed by atoms with E-state index in [0.29, 0.717) is 5.95 Å². The number of nitrogens with zero attached hydrogens (tertiary/aromatic N) is 1. The van der Waals surface area contributed by atoms with Crippen molar-refractivity contribution in [3.8, 4) is 0 Å². The molecule has 12 heteroatoms. The summed E-state index contributed by atoms with van der Waals surface area (Å²) in [5.74, 6) is 0.468. The second kappa shape index (κ2) is 12.6. The molecule has 3 atom stereocenters. The summed E-state index contributed by atoms with van der Waals surface area (Å²) in [7, 11) is -2.87. The van der Waals surface area contributed by atoms with Gasteiger partial charge in [-0.15, -0.1) is 9.79 Å².